The second-order valence-corrected chi connectivity index (χ2v) is 5.54. The van der Waals surface area contributed by atoms with E-state index in [1.165, 1.54) is 0 Å². The highest BCUT2D eigenvalue weighted by Gasteiger charge is 2.18. The van der Waals surface area contributed by atoms with E-state index in [1.807, 2.05) is 0 Å². The number of aromatic nitrogens is 1. The van der Waals surface area contributed by atoms with Crippen molar-refractivity contribution in [2.75, 3.05) is 5.32 Å². The Balaban J connectivity index is 1.95. The van der Waals surface area contributed by atoms with Gasteiger partial charge >= 0.3 is 0 Å². The molecule has 1 amide bonds. The molecule has 0 spiro atoms. The number of halogens is 1. The van der Waals surface area contributed by atoms with Gasteiger partial charge in [-0.2, -0.15) is 0 Å². The summed E-state index contributed by atoms with van der Waals surface area (Å²) in [6.07, 6.45) is 1.62. The van der Waals surface area contributed by atoms with Crippen LogP contribution < -0.4 is 5.32 Å². The molecule has 0 aliphatic heterocycles. The SMILES string of the molecule is O=C(Nc1cccc(Cl)c1)c1sc2ncccc2c1O. The fourth-order valence-corrected chi connectivity index (χ4v) is 2.95. The summed E-state index contributed by atoms with van der Waals surface area (Å²) in [4.78, 5) is 17.2. The van der Waals surface area contributed by atoms with E-state index in [0.29, 0.717) is 20.9 Å². The van der Waals surface area contributed by atoms with Gasteiger partial charge in [0.1, 0.15) is 15.5 Å². The zero-order chi connectivity index (χ0) is 14.1. The Morgan fingerprint density at radius 3 is 2.90 bits per heavy atom. The topological polar surface area (TPSA) is 62.2 Å². The van der Waals surface area contributed by atoms with E-state index in [9.17, 15) is 9.90 Å². The largest absolute Gasteiger partial charge is 0.506 e. The van der Waals surface area contributed by atoms with E-state index < -0.39 is 0 Å². The monoisotopic (exact) mass is 304 g/mol. The molecule has 0 radical (unpaired) electrons. The molecule has 0 aliphatic rings. The normalized spacial score (nSPS) is 10.7. The minimum absolute atomic E-state index is 0.0439. The summed E-state index contributed by atoms with van der Waals surface area (Å²) >= 11 is 7.01. The third kappa shape index (κ3) is 2.33. The summed E-state index contributed by atoms with van der Waals surface area (Å²) < 4.78 is 0. The predicted molar refractivity (Wildman–Crippen MR) is 80.7 cm³/mol. The van der Waals surface area contributed by atoms with Crippen molar-refractivity contribution in [3.05, 3.63) is 52.5 Å². The van der Waals surface area contributed by atoms with Crippen LogP contribution in [0.25, 0.3) is 10.2 Å². The first-order valence-electron chi connectivity index (χ1n) is 5.78. The number of benzene rings is 1. The molecule has 100 valence electrons. The number of nitrogens with zero attached hydrogens (tertiary/aromatic N) is 1. The summed E-state index contributed by atoms with van der Waals surface area (Å²) in [6.45, 7) is 0. The van der Waals surface area contributed by atoms with E-state index in [2.05, 4.69) is 10.3 Å². The number of carbonyl (C=O) groups is 1. The molecule has 2 heterocycles. The van der Waals surface area contributed by atoms with Crippen LogP contribution in [0.3, 0.4) is 0 Å². The summed E-state index contributed by atoms with van der Waals surface area (Å²) in [5.41, 5.74) is 0.576. The highest BCUT2D eigenvalue weighted by Crippen LogP contribution is 2.35. The Kier molecular flexibility index (Phi) is 3.30. The molecule has 2 aromatic heterocycles. The van der Waals surface area contributed by atoms with Crippen molar-refractivity contribution >= 4 is 44.7 Å². The minimum Gasteiger partial charge on any atom is -0.506 e. The molecule has 2 N–H and O–H groups in total. The number of anilines is 1. The van der Waals surface area contributed by atoms with Crippen molar-refractivity contribution in [3.8, 4) is 5.75 Å². The van der Waals surface area contributed by atoms with Gasteiger partial charge in [0, 0.05) is 16.9 Å². The highest BCUT2D eigenvalue weighted by atomic mass is 35.5. The molecule has 0 bridgehead atoms. The first kappa shape index (κ1) is 12.9. The number of thiophene rings is 1. The number of fused-ring (bicyclic) bond motifs is 1. The molecule has 0 saturated heterocycles. The lowest BCUT2D eigenvalue weighted by molar-refractivity contribution is 0.102. The first-order valence-corrected chi connectivity index (χ1v) is 6.98. The lowest BCUT2D eigenvalue weighted by Gasteiger charge is -2.04. The van der Waals surface area contributed by atoms with E-state index in [0.717, 1.165) is 11.3 Å². The van der Waals surface area contributed by atoms with Crippen molar-refractivity contribution in [2.45, 2.75) is 0 Å². The average Bonchev–Trinajstić information content (AvgIpc) is 2.77. The van der Waals surface area contributed by atoms with Crippen molar-refractivity contribution in [1.82, 2.24) is 4.98 Å². The second kappa shape index (κ2) is 5.11. The molecule has 0 aliphatic carbocycles. The van der Waals surface area contributed by atoms with E-state index >= 15 is 0 Å². The van der Waals surface area contributed by atoms with Crippen LogP contribution in [0, 0.1) is 0 Å². The second-order valence-electron chi connectivity index (χ2n) is 4.10. The van der Waals surface area contributed by atoms with Gasteiger partial charge in [0.05, 0.1) is 5.39 Å². The number of carbonyl (C=O) groups excluding carboxylic acids is 1. The van der Waals surface area contributed by atoms with Crippen molar-refractivity contribution in [1.29, 1.82) is 0 Å². The average molecular weight is 305 g/mol. The molecule has 3 rings (SSSR count). The van der Waals surface area contributed by atoms with Gasteiger partial charge in [-0.1, -0.05) is 17.7 Å². The van der Waals surface area contributed by atoms with Gasteiger partial charge in [0.25, 0.3) is 5.91 Å². The Labute approximate surface area is 123 Å². The molecule has 4 nitrogen and oxygen atoms in total. The van der Waals surface area contributed by atoms with Gasteiger partial charge < -0.3 is 10.4 Å². The summed E-state index contributed by atoms with van der Waals surface area (Å²) in [5.74, 6) is -0.426. The van der Waals surface area contributed by atoms with Gasteiger partial charge in [-0.3, -0.25) is 4.79 Å². The lowest BCUT2D eigenvalue weighted by atomic mass is 10.2. The van der Waals surface area contributed by atoms with Gasteiger partial charge in [-0.25, -0.2) is 4.98 Å². The maximum absolute atomic E-state index is 12.2. The van der Waals surface area contributed by atoms with Crippen LogP contribution in [0.2, 0.25) is 5.02 Å². The smallest absolute Gasteiger partial charge is 0.269 e. The van der Waals surface area contributed by atoms with Crippen molar-refractivity contribution in [2.24, 2.45) is 0 Å². The number of rotatable bonds is 2. The van der Waals surface area contributed by atoms with E-state index in [4.69, 9.17) is 11.6 Å². The number of hydrogen-bond acceptors (Lipinski definition) is 4. The molecular formula is C14H9ClN2O2S. The zero-order valence-electron chi connectivity index (χ0n) is 10.1. The van der Waals surface area contributed by atoms with Crippen LogP contribution in [0.15, 0.2) is 42.6 Å². The zero-order valence-corrected chi connectivity index (χ0v) is 11.7. The Bertz CT molecular complexity index is 801. The van der Waals surface area contributed by atoms with Crippen molar-refractivity contribution < 1.29 is 9.90 Å². The molecule has 0 atom stereocenters. The summed E-state index contributed by atoms with van der Waals surface area (Å²) in [5, 5.41) is 13.9. The van der Waals surface area contributed by atoms with Crippen molar-refractivity contribution in [3.63, 3.8) is 0 Å². The van der Waals surface area contributed by atoms with Gasteiger partial charge in [-0.05, 0) is 30.3 Å². The molecule has 0 unspecified atom stereocenters. The van der Waals surface area contributed by atoms with E-state index in [-0.39, 0.29) is 16.5 Å². The highest BCUT2D eigenvalue weighted by molar-refractivity contribution is 7.21. The standard InChI is InChI=1S/C14H9ClN2O2S/c15-8-3-1-4-9(7-8)17-13(19)12-11(18)10-5-2-6-16-14(10)20-12/h1-7,18H,(H,17,19). The maximum atomic E-state index is 12.2. The van der Waals surface area contributed by atoms with Crippen LogP contribution in [0.4, 0.5) is 5.69 Å². The number of hydrogen-bond donors (Lipinski definition) is 2. The number of amides is 1. The molecule has 1 aromatic carbocycles. The van der Waals surface area contributed by atoms with Gasteiger partial charge in [-0.15, -0.1) is 11.3 Å². The van der Waals surface area contributed by atoms with Crippen LogP contribution >= 0.6 is 22.9 Å². The number of aromatic hydroxyl groups is 1. The Hall–Kier alpha value is -2.11. The van der Waals surface area contributed by atoms with Crippen LogP contribution in [-0.4, -0.2) is 16.0 Å². The third-order valence-corrected chi connectivity index (χ3v) is 4.07. The fourth-order valence-electron chi connectivity index (χ4n) is 1.83. The molecule has 0 saturated carbocycles. The molecule has 6 heteroatoms. The lowest BCUT2D eigenvalue weighted by Crippen LogP contribution is -2.10. The summed E-state index contributed by atoms with van der Waals surface area (Å²) in [7, 11) is 0. The Morgan fingerprint density at radius 2 is 2.15 bits per heavy atom. The van der Waals surface area contributed by atoms with Gasteiger partial charge in [0.15, 0.2) is 0 Å². The fraction of sp³-hybridized carbons (Fsp3) is 0. The maximum Gasteiger partial charge on any atom is 0.269 e. The van der Waals surface area contributed by atoms with Crippen LogP contribution in [-0.2, 0) is 0 Å². The third-order valence-electron chi connectivity index (χ3n) is 2.73. The quantitative estimate of drug-likeness (QED) is 0.754. The number of nitrogens with one attached hydrogen (secondary N) is 1. The van der Waals surface area contributed by atoms with E-state index in [1.54, 1.807) is 42.6 Å². The Morgan fingerprint density at radius 1 is 1.30 bits per heavy atom. The first-order chi connectivity index (χ1) is 9.65. The predicted octanol–water partition coefficient (Wildman–Crippen LogP) is 3.91. The summed E-state index contributed by atoms with van der Waals surface area (Å²) in [6, 6.07) is 10.3. The molecule has 0 fully saturated rings. The molecular weight excluding hydrogens is 296 g/mol. The van der Waals surface area contributed by atoms with Crippen LogP contribution in [0.1, 0.15) is 9.67 Å². The van der Waals surface area contributed by atoms with Gasteiger partial charge in [0.2, 0.25) is 0 Å². The molecule has 3 aromatic rings. The molecule has 20 heavy (non-hydrogen) atoms. The van der Waals surface area contributed by atoms with Crippen LogP contribution in [0.5, 0.6) is 5.75 Å². The minimum atomic E-state index is -0.382. The number of pyridine rings is 1.